The van der Waals surface area contributed by atoms with Gasteiger partial charge in [-0.15, -0.1) is 12.4 Å². The summed E-state index contributed by atoms with van der Waals surface area (Å²) >= 11 is 0. The van der Waals surface area contributed by atoms with Crippen molar-refractivity contribution in [3.63, 3.8) is 0 Å². The van der Waals surface area contributed by atoms with Crippen molar-refractivity contribution in [2.75, 3.05) is 13.1 Å². The van der Waals surface area contributed by atoms with Gasteiger partial charge in [0.2, 0.25) is 0 Å². The minimum Gasteiger partial charge on any atom is -0.351 e. The molecule has 1 aromatic carbocycles. The van der Waals surface area contributed by atoms with Gasteiger partial charge in [0.1, 0.15) is 5.69 Å². The van der Waals surface area contributed by atoms with Crippen LogP contribution in [0.1, 0.15) is 23.3 Å². The second-order valence-corrected chi connectivity index (χ2v) is 5.17. The lowest BCUT2D eigenvalue weighted by Gasteiger charge is -2.23. The van der Waals surface area contributed by atoms with E-state index in [4.69, 9.17) is 0 Å². The summed E-state index contributed by atoms with van der Waals surface area (Å²) in [7, 11) is 0. The summed E-state index contributed by atoms with van der Waals surface area (Å²) in [6.07, 6.45) is 2.16. The van der Waals surface area contributed by atoms with E-state index in [9.17, 15) is 4.79 Å². The zero-order valence-corrected chi connectivity index (χ0v) is 12.6. The van der Waals surface area contributed by atoms with Crippen molar-refractivity contribution in [1.29, 1.82) is 0 Å². The van der Waals surface area contributed by atoms with Crippen LogP contribution in [0.2, 0.25) is 0 Å². The molecule has 1 saturated heterocycles. The van der Waals surface area contributed by atoms with Crippen molar-refractivity contribution in [3.05, 3.63) is 48.2 Å². The Bertz CT molecular complexity index is 576. The Morgan fingerprint density at radius 3 is 2.67 bits per heavy atom. The summed E-state index contributed by atoms with van der Waals surface area (Å²) in [6.45, 7) is 1.91. The van der Waals surface area contributed by atoms with Crippen LogP contribution in [0.4, 0.5) is 0 Å². The number of aromatic nitrogens is 1. The summed E-state index contributed by atoms with van der Waals surface area (Å²) in [5.74, 6) is -0.0270. The van der Waals surface area contributed by atoms with E-state index >= 15 is 0 Å². The number of halogens is 1. The van der Waals surface area contributed by atoms with E-state index in [2.05, 4.69) is 15.6 Å². The van der Waals surface area contributed by atoms with Gasteiger partial charge < -0.3 is 15.6 Å². The quantitative estimate of drug-likeness (QED) is 0.816. The molecule has 5 heteroatoms. The van der Waals surface area contributed by atoms with Gasteiger partial charge in [0.15, 0.2) is 0 Å². The predicted octanol–water partition coefficient (Wildman–Crippen LogP) is 2.59. The molecule has 0 spiro atoms. The molecule has 1 fully saturated rings. The molecule has 3 rings (SSSR count). The number of benzene rings is 1. The highest BCUT2D eigenvalue weighted by molar-refractivity contribution is 5.93. The summed E-state index contributed by atoms with van der Waals surface area (Å²) < 4.78 is 0. The highest BCUT2D eigenvalue weighted by Gasteiger charge is 2.17. The number of rotatable bonds is 3. The third kappa shape index (κ3) is 3.86. The third-order valence-electron chi connectivity index (χ3n) is 3.65. The fourth-order valence-electron chi connectivity index (χ4n) is 2.55. The van der Waals surface area contributed by atoms with Gasteiger partial charge in [0.25, 0.3) is 5.91 Å². The monoisotopic (exact) mass is 305 g/mol. The Morgan fingerprint density at radius 2 is 1.95 bits per heavy atom. The van der Waals surface area contributed by atoms with Crippen LogP contribution in [0.5, 0.6) is 0 Å². The molecule has 0 bridgehead atoms. The van der Waals surface area contributed by atoms with Crippen molar-refractivity contribution in [2.45, 2.75) is 18.9 Å². The highest BCUT2D eigenvalue weighted by Crippen LogP contribution is 2.18. The number of carbonyl (C=O) groups is 1. The Hall–Kier alpha value is -1.78. The van der Waals surface area contributed by atoms with Crippen LogP contribution in [0.25, 0.3) is 11.3 Å². The largest absolute Gasteiger partial charge is 0.351 e. The first-order chi connectivity index (χ1) is 9.83. The summed E-state index contributed by atoms with van der Waals surface area (Å²) in [5.41, 5.74) is 2.68. The SMILES string of the molecule is Cl.O=C(N[C@H]1CCCNC1)c1ccc(-c2ccccc2)[nH]1. The molecule has 3 N–H and O–H groups in total. The van der Waals surface area contributed by atoms with Gasteiger partial charge in [-0.05, 0) is 37.1 Å². The lowest BCUT2D eigenvalue weighted by atomic mass is 10.1. The summed E-state index contributed by atoms with van der Waals surface area (Å²) in [4.78, 5) is 15.4. The molecule has 1 atom stereocenters. The van der Waals surface area contributed by atoms with Crippen molar-refractivity contribution in [3.8, 4) is 11.3 Å². The van der Waals surface area contributed by atoms with Crippen LogP contribution < -0.4 is 10.6 Å². The molecule has 1 aliphatic heterocycles. The average Bonchev–Trinajstić information content (AvgIpc) is 2.99. The van der Waals surface area contributed by atoms with Crippen LogP contribution in [-0.4, -0.2) is 30.0 Å². The van der Waals surface area contributed by atoms with Gasteiger partial charge in [-0.2, -0.15) is 0 Å². The average molecular weight is 306 g/mol. The van der Waals surface area contributed by atoms with Crippen molar-refractivity contribution < 1.29 is 4.79 Å². The van der Waals surface area contributed by atoms with Gasteiger partial charge in [0.05, 0.1) is 0 Å². The lowest BCUT2D eigenvalue weighted by molar-refractivity contribution is 0.0926. The molecule has 21 heavy (non-hydrogen) atoms. The molecule has 0 aliphatic carbocycles. The number of aromatic amines is 1. The fraction of sp³-hybridized carbons (Fsp3) is 0.312. The molecular formula is C16H20ClN3O. The molecule has 0 saturated carbocycles. The fourth-order valence-corrected chi connectivity index (χ4v) is 2.55. The number of amides is 1. The minimum absolute atomic E-state index is 0. The van der Waals surface area contributed by atoms with E-state index in [0.29, 0.717) is 5.69 Å². The van der Waals surface area contributed by atoms with Crippen molar-refractivity contribution in [2.24, 2.45) is 0 Å². The highest BCUT2D eigenvalue weighted by atomic mass is 35.5. The maximum absolute atomic E-state index is 12.2. The summed E-state index contributed by atoms with van der Waals surface area (Å²) in [6, 6.07) is 14.0. The number of carbonyl (C=O) groups excluding carboxylic acids is 1. The maximum Gasteiger partial charge on any atom is 0.267 e. The van der Waals surface area contributed by atoms with Gasteiger partial charge in [-0.25, -0.2) is 0 Å². The molecule has 2 heterocycles. The molecule has 112 valence electrons. The summed E-state index contributed by atoms with van der Waals surface area (Å²) in [5, 5.41) is 6.37. The number of nitrogens with one attached hydrogen (secondary N) is 3. The van der Waals surface area contributed by atoms with Crippen LogP contribution in [-0.2, 0) is 0 Å². The zero-order chi connectivity index (χ0) is 13.8. The van der Waals surface area contributed by atoms with Crippen molar-refractivity contribution >= 4 is 18.3 Å². The van der Waals surface area contributed by atoms with Gasteiger partial charge in [-0.3, -0.25) is 4.79 Å². The first kappa shape index (κ1) is 15.6. The van der Waals surface area contributed by atoms with Gasteiger partial charge in [0, 0.05) is 18.3 Å². The molecule has 1 aromatic heterocycles. The van der Waals surface area contributed by atoms with E-state index in [-0.39, 0.29) is 24.4 Å². The van der Waals surface area contributed by atoms with E-state index in [0.717, 1.165) is 37.2 Å². The van der Waals surface area contributed by atoms with E-state index in [1.165, 1.54) is 0 Å². The second-order valence-electron chi connectivity index (χ2n) is 5.17. The standard InChI is InChI=1S/C16H19N3O.ClH/c20-16(18-13-7-4-10-17-11-13)15-9-8-14(19-15)12-5-2-1-3-6-12;/h1-3,5-6,8-9,13,17,19H,4,7,10-11H2,(H,18,20);1H/t13-;/m0./s1. The van der Waals surface area contributed by atoms with Crippen LogP contribution >= 0.6 is 12.4 Å². The van der Waals surface area contributed by atoms with Gasteiger partial charge in [-0.1, -0.05) is 30.3 Å². The first-order valence-corrected chi connectivity index (χ1v) is 7.09. The first-order valence-electron chi connectivity index (χ1n) is 7.09. The molecule has 1 aliphatic rings. The molecule has 2 aromatic rings. The van der Waals surface area contributed by atoms with Crippen molar-refractivity contribution in [1.82, 2.24) is 15.6 Å². The molecule has 4 nitrogen and oxygen atoms in total. The molecular weight excluding hydrogens is 286 g/mol. The third-order valence-corrected chi connectivity index (χ3v) is 3.65. The van der Waals surface area contributed by atoms with E-state index < -0.39 is 0 Å². The van der Waals surface area contributed by atoms with Crippen LogP contribution in [0.15, 0.2) is 42.5 Å². The Labute approximate surface area is 130 Å². The number of hydrogen-bond acceptors (Lipinski definition) is 2. The molecule has 1 amide bonds. The predicted molar refractivity (Wildman–Crippen MR) is 86.8 cm³/mol. The van der Waals surface area contributed by atoms with Crippen LogP contribution in [0.3, 0.4) is 0 Å². The molecule has 0 unspecified atom stereocenters. The topological polar surface area (TPSA) is 56.9 Å². The smallest absolute Gasteiger partial charge is 0.267 e. The molecule has 0 radical (unpaired) electrons. The van der Waals surface area contributed by atoms with Crippen LogP contribution in [0, 0.1) is 0 Å². The minimum atomic E-state index is -0.0270. The Morgan fingerprint density at radius 1 is 1.14 bits per heavy atom. The Balaban J connectivity index is 0.00000161. The number of piperidine rings is 1. The van der Waals surface area contributed by atoms with E-state index in [1.807, 2.05) is 42.5 Å². The normalized spacial score (nSPS) is 17.8. The maximum atomic E-state index is 12.2. The number of hydrogen-bond donors (Lipinski definition) is 3. The van der Waals surface area contributed by atoms with E-state index in [1.54, 1.807) is 0 Å². The lowest BCUT2D eigenvalue weighted by Crippen LogP contribution is -2.45. The number of H-pyrrole nitrogens is 1. The van der Waals surface area contributed by atoms with Gasteiger partial charge >= 0.3 is 0 Å². The second kappa shape index (κ2) is 7.29. The zero-order valence-electron chi connectivity index (χ0n) is 11.8. The Kier molecular flexibility index (Phi) is 5.42.